The van der Waals surface area contributed by atoms with Gasteiger partial charge in [0.05, 0.1) is 0 Å². The first kappa shape index (κ1) is 12.9. The normalized spacial score (nSPS) is 14.2. The first-order valence-corrected chi connectivity index (χ1v) is 6.40. The maximum absolute atomic E-state index is 11.1. The number of carbonyl (C=O) groups is 1. The molecule has 1 aliphatic carbocycles. The summed E-state index contributed by atoms with van der Waals surface area (Å²) in [6, 6.07) is 6.34. The van der Waals surface area contributed by atoms with Crippen molar-refractivity contribution in [1.82, 2.24) is 10.7 Å². The number of nitrogens with one attached hydrogen (secondary N) is 2. The van der Waals surface area contributed by atoms with Crippen LogP contribution in [0.5, 0.6) is 0 Å². The number of hydrogen-bond donors (Lipinski definition) is 3. The number of aryl methyl sites for hydroxylation is 2. The van der Waals surface area contributed by atoms with Crippen molar-refractivity contribution in [1.29, 1.82) is 0 Å². The zero-order valence-electron chi connectivity index (χ0n) is 11.0. The number of carbonyl (C=O) groups excluding carboxylic acids is 1. The minimum Gasteiger partial charge on any atom is -0.336 e. The Morgan fingerprint density at radius 3 is 2.78 bits per heavy atom. The van der Waals surface area contributed by atoms with Crippen molar-refractivity contribution in [3.63, 3.8) is 0 Å². The van der Waals surface area contributed by atoms with Gasteiger partial charge in [-0.1, -0.05) is 32.0 Å². The molecule has 1 aromatic carbocycles. The van der Waals surface area contributed by atoms with E-state index in [0.29, 0.717) is 6.54 Å². The molecular weight excluding hydrogens is 226 g/mol. The van der Waals surface area contributed by atoms with Gasteiger partial charge >= 0.3 is 6.03 Å². The van der Waals surface area contributed by atoms with Crippen LogP contribution in [0.25, 0.3) is 0 Å². The smallest absolute Gasteiger partial charge is 0.328 e. The molecule has 1 aromatic rings. The number of fused-ring (bicyclic) bond motifs is 1. The summed E-state index contributed by atoms with van der Waals surface area (Å²) in [5.74, 6) is 5.05. The second kappa shape index (κ2) is 4.98. The van der Waals surface area contributed by atoms with Crippen LogP contribution in [-0.4, -0.2) is 12.6 Å². The van der Waals surface area contributed by atoms with E-state index in [0.717, 1.165) is 0 Å². The van der Waals surface area contributed by atoms with Crippen LogP contribution >= 0.6 is 0 Å². The van der Waals surface area contributed by atoms with E-state index in [2.05, 4.69) is 42.8 Å². The van der Waals surface area contributed by atoms with Gasteiger partial charge in [-0.2, -0.15) is 0 Å². The average molecular weight is 247 g/mol. The van der Waals surface area contributed by atoms with Crippen molar-refractivity contribution in [3.05, 3.63) is 34.9 Å². The molecule has 0 saturated heterocycles. The summed E-state index contributed by atoms with van der Waals surface area (Å²) in [7, 11) is 0. The second-order valence-corrected chi connectivity index (χ2v) is 5.55. The van der Waals surface area contributed by atoms with Crippen molar-refractivity contribution in [2.24, 2.45) is 5.84 Å². The maximum Gasteiger partial charge on any atom is 0.328 e. The monoisotopic (exact) mass is 247 g/mol. The van der Waals surface area contributed by atoms with Gasteiger partial charge in [0.25, 0.3) is 0 Å². The third-order valence-electron chi connectivity index (χ3n) is 3.70. The van der Waals surface area contributed by atoms with Crippen LogP contribution in [0.15, 0.2) is 18.2 Å². The highest BCUT2D eigenvalue weighted by atomic mass is 16.2. The molecule has 0 aromatic heterocycles. The lowest BCUT2D eigenvalue weighted by Gasteiger charge is -2.26. The third-order valence-corrected chi connectivity index (χ3v) is 3.70. The van der Waals surface area contributed by atoms with Gasteiger partial charge in [0.15, 0.2) is 0 Å². The molecule has 98 valence electrons. The van der Waals surface area contributed by atoms with Crippen LogP contribution in [0.4, 0.5) is 4.79 Å². The van der Waals surface area contributed by atoms with Crippen LogP contribution in [0, 0.1) is 0 Å². The molecular formula is C14H21N3O. The summed E-state index contributed by atoms with van der Waals surface area (Å²) >= 11 is 0. The molecule has 0 aliphatic heterocycles. The predicted molar refractivity (Wildman–Crippen MR) is 72.2 cm³/mol. The maximum atomic E-state index is 11.1. The molecule has 0 atom stereocenters. The van der Waals surface area contributed by atoms with E-state index in [4.69, 9.17) is 5.84 Å². The first-order chi connectivity index (χ1) is 8.53. The highest BCUT2D eigenvalue weighted by molar-refractivity contribution is 5.73. The fraction of sp³-hybridized carbons (Fsp3) is 0.500. The van der Waals surface area contributed by atoms with Crippen LogP contribution < -0.4 is 16.6 Å². The van der Waals surface area contributed by atoms with Crippen molar-refractivity contribution in [3.8, 4) is 0 Å². The first-order valence-electron chi connectivity index (χ1n) is 6.40. The molecule has 1 aliphatic rings. The van der Waals surface area contributed by atoms with Gasteiger partial charge in [-0.15, -0.1) is 0 Å². The van der Waals surface area contributed by atoms with Crippen LogP contribution in [0.1, 0.15) is 37.0 Å². The third kappa shape index (κ3) is 2.64. The van der Waals surface area contributed by atoms with Gasteiger partial charge in [0.1, 0.15) is 0 Å². The molecule has 0 unspecified atom stereocenters. The largest absolute Gasteiger partial charge is 0.336 e. The topological polar surface area (TPSA) is 67.2 Å². The number of benzene rings is 1. The Morgan fingerprint density at radius 2 is 2.06 bits per heavy atom. The van der Waals surface area contributed by atoms with Gasteiger partial charge in [-0.3, -0.25) is 5.43 Å². The lowest BCUT2D eigenvalue weighted by Crippen LogP contribution is -2.44. The summed E-state index contributed by atoms with van der Waals surface area (Å²) in [4.78, 5) is 11.1. The fourth-order valence-corrected chi connectivity index (χ4v) is 2.45. The zero-order valence-corrected chi connectivity index (χ0v) is 11.0. The highest BCUT2D eigenvalue weighted by Crippen LogP contribution is 2.29. The second-order valence-electron chi connectivity index (χ2n) is 5.55. The molecule has 0 radical (unpaired) electrons. The molecule has 2 amide bonds. The van der Waals surface area contributed by atoms with E-state index >= 15 is 0 Å². The molecule has 0 saturated carbocycles. The van der Waals surface area contributed by atoms with Crippen molar-refractivity contribution < 1.29 is 4.79 Å². The Balaban J connectivity index is 2.11. The summed E-state index contributed by atoms with van der Waals surface area (Å²) in [6.45, 7) is 4.82. The molecule has 0 fully saturated rings. The number of nitrogens with two attached hydrogens (primary N) is 1. The average Bonchev–Trinajstić information content (AvgIpc) is 2.83. The Morgan fingerprint density at radius 1 is 1.33 bits per heavy atom. The van der Waals surface area contributed by atoms with Gasteiger partial charge in [-0.25, -0.2) is 10.6 Å². The Bertz CT molecular complexity index is 454. The minimum absolute atomic E-state index is 0.0931. The molecule has 0 heterocycles. The fourth-order valence-electron chi connectivity index (χ4n) is 2.45. The Hall–Kier alpha value is -1.55. The molecule has 4 N–H and O–H groups in total. The standard InChI is InChI=1S/C14H21N3O/c1-14(2,9-16-13(18)17-15)12-7-6-10-4-3-5-11(10)8-12/h6-8H,3-5,9,15H2,1-2H3,(H2,16,17,18). The van der Waals surface area contributed by atoms with Crippen LogP contribution in [0.3, 0.4) is 0 Å². The summed E-state index contributed by atoms with van der Waals surface area (Å²) in [5.41, 5.74) is 6.19. The molecule has 0 spiro atoms. The van der Waals surface area contributed by atoms with Crippen molar-refractivity contribution in [2.75, 3.05) is 6.54 Å². The van der Waals surface area contributed by atoms with E-state index in [1.54, 1.807) is 0 Å². The van der Waals surface area contributed by atoms with Crippen molar-refractivity contribution >= 4 is 6.03 Å². The summed E-state index contributed by atoms with van der Waals surface area (Å²) in [5, 5.41) is 2.76. The lowest BCUT2D eigenvalue weighted by molar-refractivity contribution is 0.238. The Labute approximate surface area is 108 Å². The van der Waals surface area contributed by atoms with Gasteiger partial charge < -0.3 is 5.32 Å². The summed E-state index contributed by atoms with van der Waals surface area (Å²) in [6.07, 6.45) is 3.63. The predicted octanol–water partition coefficient (Wildman–Crippen LogP) is 1.63. The number of hydrazine groups is 1. The quantitative estimate of drug-likeness (QED) is 0.432. The van der Waals surface area contributed by atoms with Crippen LogP contribution in [-0.2, 0) is 18.3 Å². The number of hydrogen-bond acceptors (Lipinski definition) is 2. The summed E-state index contributed by atoms with van der Waals surface area (Å²) < 4.78 is 0. The molecule has 4 nitrogen and oxygen atoms in total. The number of amides is 2. The van der Waals surface area contributed by atoms with Crippen molar-refractivity contribution in [2.45, 2.75) is 38.5 Å². The number of rotatable bonds is 3. The highest BCUT2D eigenvalue weighted by Gasteiger charge is 2.23. The van der Waals surface area contributed by atoms with E-state index in [9.17, 15) is 4.79 Å². The van der Waals surface area contributed by atoms with Crippen LogP contribution in [0.2, 0.25) is 0 Å². The molecule has 2 rings (SSSR count). The SMILES string of the molecule is CC(C)(CNC(=O)NN)c1ccc2c(c1)CCC2. The van der Waals surface area contributed by atoms with Gasteiger partial charge in [0.2, 0.25) is 0 Å². The number of urea groups is 1. The van der Waals surface area contributed by atoms with E-state index < -0.39 is 0 Å². The Kier molecular flexibility index (Phi) is 3.57. The zero-order chi connectivity index (χ0) is 13.2. The van der Waals surface area contributed by atoms with E-state index in [-0.39, 0.29) is 11.4 Å². The lowest BCUT2D eigenvalue weighted by atomic mass is 9.83. The molecule has 0 bridgehead atoms. The van der Waals surface area contributed by atoms with Gasteiger partial charge in [0, 0.05) is 12.0 Å². The molecule has 18 heavy (non-hydrogen) atoms. The van der Waals surface area contributed by atoms with E-state index in [1.165, 1.54) is 36.0 Å². The molecule has 4 heteroatoms. The van der Waals surface area contributed by atoms with E-state index in [1.807, 2.05) is 0 Å². The minimum atomic E-state index is -0.343. The van der Waals surface area contributed by atoms with Gasteiger partial charge in [-0.05, 0) is 36.0 Å².